The maximum absolute atomic E-state index is 11.5. The van der Waals surface area contributed by atoms with Crippen molar-refractivity contribution in [3.63, 3.8) is 0 Å². The molecule has 0 saturated heterocycles. The second-order valence-electron chi connectivity index (χ2n) is 3.00. The van der Waals surface area contributed by atoms with Gasteiger partial charge in [-0.3, -0.25) is 19.4 Å². The van der Waals surface area contributed by atoms with Crippen molar-refractivity contribution in [2.75, 3.05) is 0 Å². The number of rotatable bonds is 0. The van der Waals surface area contributed by atoms with Crippen LogP contribution in [0.2, 0.25) is 5.02 Å². The van der Waals surface area contributed by atoms with Gasteiger partial charge in [-0.15, -0.1) is 0 Å². The molecule has 2 rings (SSSR count). The second kappa shape index (κ2) is 2.99. The summed E-state index contributed by atoms with van der Waals surface area (Å²) in [6.45, 7) is 0. The van der Waals surface area contributed by atoms with Crippen molar-refractivity contribution in [2.45, 2.75) is 0 Å². The first kappa shape index (κ1) is 9.02. The predicted molar refractivity (Wildman–Crippen MR) is 54.8 cm³/mol. The van der Waals surface area contributed by atoms with E-state index >= 15 is 0 Å². The standard InChI is InChI=1S/C9H7ClN2O2/c1-12-9(14)6-3-2-5(10)4-7(6)8(13)11-12/h2-4H,1H3,(H,11,13). The molecule has 0 saturated carbocycles. The van der Waals surface area contributed by atoms with Crippen molar-refractivity contribution in [1.82, 2.24) is 9.78 Å². The molecule has 0 bridgehead atoms. The fraction of sp³-hybridized carbons (Fsp3) is 0.111. The molecule has 1 heterocycles. The molecule has 0 aliphatic carbocycles. The van der Waals surface area contributed by atoms with Crippen LogP contribution >= 0.6 is 11.6 Å². The first-order valence-corrected chi connectivity index (χ1v) is 4.36. The lowest BCUT2D eigenvalue weighted by Crippen LogP contribution is -2.27. The first-order chi connectivity index (χ1) is 6.59. The Hall–Kier alpha value is -1.55. The van der Waals surface area contributed by atoms with Gasteiger partial charge in [0, 0.05) is 12.1 Å². The first-order valence-electron chi connectivity index (χ1n) is 3.98. The van der Waals surface area contributed by atoms with Gasteiger partial charge in [0.15, 0.2) is 0 Å². The molecule has 1 N–H and O–H groups in total. The Morgan fingerprint density at radius 1 is 1.29 bits per heavy atom. The molecule has 0 aliphatic rings. The van der Waals surface area contributed by atoms with Crippen LogP contribution in [0.3, 0.4) is 0 Å². The zero-order valence-corrected chi connectivity index (χ0v) is 8.13. The monoisotopic (exact) mass is 210 g/mol. The van der Waals surface area contributed by atoms with Gasteiger partial charge in [-0.1, -0.05) is 11.6 Å². The highest BCUT2D eigenvalue weighted by Crippen LogP contribution is 2.12. The van der Waals surface area contributed by atoms with E-state index in [0.717, 1.165) is 4.68 Å². The molecule has 72 valence electrons. The molecule has 2 aromatic rings. The zero-order chi connectivity index (χ0) is 10.3. The molecule has 0 unspecified atom stereocenters. The Kier molecular flexibility index (Phi) is 1.93. The number of aryl methyl sites for hydroxylation is 1. The average Bonchev–Trinajstić information content (AvgIpc) is 2.14. The number of hydrogen-bond acceptors (Lipinski definition) is 2. The Morgan fingerprint density at radius 2 is 2.00 bits per heavy atom. The third-order valence-electron chi connectivity index (χ3n) is 2.03. The molecule has 0 atom stereocenters. The van der Waals surface area contributed by atoms with Crippen LogP contribution in [0.25, 0.3) is 10.8 Å². The molecule has 0 radical (unpaired) electrons. The lowest BCUT2D eigenvalue weighted by atomic mass is 10.2. The van der Waals surface area contributed by atoms with Gasteiger partial charge in [-0.25, -0.2) is 0 Å². The van der Waals surface area contributed by atoms with Crippen molar-refractivity contribution in [1.29, 1.82) is 0 Å². The van der Waals surface area contributed by atoms with Crippen LogP contribution in [0.1, 0.15) is 0 Å². The zero-order valence-electron chi connectivity index (χ0n) is 7.37. The van der Waals surface area contributed by atoms with Crippen molar-refractivity contribution < 1.29 is 0 Å². The summed E-state index contributed by atoms with van der Waals surface area (Å²) in [5.41, 5.74) is -0.555. The lowest BCUT2D eigenvalue weighted by Gasteiger charge is -2.00. The van der Waals surface area contributed by atoms with E-state index in [1.807, 2.05) is 0 Å². The fourth-order valence-corrected chi connectivity index (χ4v) is 1.51. The molecule has 1 aromatic heterocycles. The van der Waals surface area contributed by atoms with Crippen molar-refractivity contribution in [3.05, 3.63) is 43.9 Å². The van der Waals surface area contributed by atoms with E-state index in [1.54, 1.807) is 12.1 Å². The Balaban J connectivity index is 3.10. The van der Waals surface area contributed by atoms with E-state index < -0.39 is 0 Å². The maximum atomic E-state index is 11.5. The van der Waals surface area contributed by atoms with Gasteiger partial charge in [0.05, 0.1) is 10.8 Å². The van der Waals surface area contributed by atoms with Crippen LogP contribution in [-0.2, 0) is 7.05 Å². The second-order valence-corrected chi connectivity index (χ2v) is 3.43. The Labute approximate surface area is 83.7 Å². The van der Waals surface area contributed by atoms with Gasteiger partial charge >= 0.3 is 0 Å². The predicted octanol–water partition coefficient (Wildman–Crippen LogP) is 0.880. The van der Waals surface area contributed by atoms with Gasteiger partial charge < -0.3 is 0 Å². The summed E-state index contributed by atoms with van der Waals surface area (Å²) in [6, 6.07) is 4.62. The van der Waals surface area contributed by atoms with E-state index in [1.165, 1.54) is 13.1 Å². The van der Waals surface area contributed by atoms with E-state index in [-0.39, 0.29) is 11.1 Å². The Bertz CT molecular complexity index is 612. The average molecular weight is 211 g/mol. The van der Waals surface area contributed by atoms with Gasteiger partial charge in [0.25, 0.3) is 11.1 Å². The van der Waals surface area contributed by atoms with E-state index in [4.69, 9.17) is 11.6 Å². The molecule has 5 heteroatoms. The largest absolute Gasteiger partial charge is 0.272 e. The third kappa shape index (κ3) is 1.24. The summed E-state index contributed by atoms with van der Waals surface area (Å²) in [7, 11) is 1.50. The molecule has 0 spiro atoms. The molecular formula is C9H7ClN2O2. The number of aromatic nitrogens is 2. The fourth-order valence-electron chi connectivity index (χ4n) is 1.33. The quantitative estimate of drug-likeness (QED) is 0.702. The molecule has 14 heavy (non-hydrogen) atoms. The SMILES string of the molecule is Cn1[nH]c(=O)c2cc(Cl)ccc2c1=O. The summed E-state index contributed by atoms with van der Waals surface area (Å²) in [6.07, 6.45) is 0. The van der Waals surface area contributed by atoms with Gasteiger partial charge in [-0.05, 0) is 18.2 Å². The highest BCUT2D eigenvalue weighted by Gasteiger charge is 2.04. The highest BCUT2D eigenvalue weighted by atomic mass is 35.5. The summed E-state index contributed by atoms with van der Waals surface area (Å²) in [4.78, 5) is 23.0. The molecule has 0 fully saturated rings. The number of halogens is 1. The summed E-state index contributed by atoms with van der Waals surface area (Å²) < 4.78 is 1.15. The van der Waals surface area contributed by atoms with Gasteiger partial charge in [-0.2, -0.15) is 0 Å². The molecule has 1 aromatic carbocycles. The smallest absolute Gasteiger partial charge is 0.267 e. The van der Waals surface area contributed by atoms with Crippen LogP contribution in [0.4, 0.5) is 0 Å². The summed E-state index contributed by atoms with van der Waals surface area (Å²) >= 11 is 5.72. The molecule has 4 nitrogen and oxygen atoms in total. The highest BCUT2D eigenvalue weighted by molar-refractivity contribution is 6.31. The van der Waals surface area contributed by atoms with Gasteiger partial charge in [0.1, 0.15) is 0 Å². The minimum absolute atomic E-state index is 0.240. The van der Waals surface area contributed by atoms with Crippen LogP contribution < -0.4 is 11.1 Å². The minimum Gasteiger partial charge on any atom is -0.267 e. The molecule has 0 aliphatic heterocycles. The van der Waals surface area contributed by atoms with Crippen LogP contribution in [0, 0.1) is 0 Å². The number of fused-ring (bicyclic) bond motifs is 1. The number of nitrogens with one attached hydrogen (secondary N) is 1. The van der Waals surface area contributed by atoms with Crippen LogP contribution in [0.15, 0.2) is 27.8 Å². The third-order valence-corrected chi connectivity index (χ3v) is 2.27. The van der Waals surface area contributed by atoms with Crippen LogP contribution in [0.5, 0.6) is 0 Å². The van der Waals surface area contributed by atoms with E-state index in [2.05, 4.69) is 5.10 Å². The van der Waals surface area contributed by atoms with E-state index in [0.29, 0.717) is 15.8 Å². The number of nitrogens with zero attached hydrogens (tertiary/aromatic N) is 1. The number of hydrogen-bond donors (Lipinski definition) is 1. The van der Waals surface area contributed by atoms with Crippen molar-refractivity contribution in [2.24, 2.45) is 7.05 Å². The van der Waals surface area contributed by atoms with Crippen molar-refractivity contribution >= 4 is 22.4 Å². The maximum Gasteiger partial charge on any atom is 0.272 e. The number of benzene rings is 1. The summed E-state index contributed by atoms with van der Waals surface area (Å²) in [5.74, 6) is 0. The Morgan fingerprint density at radius 3 is 2.71 bits per heavy atom. The number of aromatic amines is 1. The molecular weight excluding hydrogens is 204 g/mol. The molecule has 0 amide bonds. The van der Waals surface area contributed by atoms with Crippen molar-refractivity contribution in [3.8, 4) is 0 Å². The van der Waals surface area contributed by atoms with Gasteiger partial charge in [0.2, 0.25) is 0 Å². The van der Waals surface area contributed by atoms with E-state index in [9.17, 15) is 9.59 Å². The lowest BCUT2D eigenvalue weighted by molar-refractivity contribution is 0.704. The number of H-pyrrole nitrogens is 1. The topological polar surface area (TPSA) is 54.9 Å². The summed E-state index contributed by atoms with van der Waals surface area (Å²) in [5, 5.41) is 3.54. The normalized spacial score (nSPS) is 10.7. The van der Waals surface area contributed by atoms with Crippen LogP contribution in [-0.4, -0.2) is 9.78 Å². The minimum atomic E-state index is -0.315.